The van der Waals surface area contributed by atoms with E-state index in [-0.39, 0.29) is 78.8 Å². The minimum absolute atomic E-state index is 0.0572. The zero-order valence-corrected chi connectivity index (χ0v) is 65.3. The number of rotatable bonds is 18. The van der Waals surface area contributed by atoms with Crippen molar-refractivity contribution in [2.75, 3.05) is 13.6 Å². The zero-order chi connectivity index (χ0) is 80.2. The third kappa shape index (κ3) is 16.4. The number of aliphatic imine (C=N–C) groups is 2. The number of sulfonamides is 1. The van der Waals surface area contributed by atoms with Crippen molar-refractivity contribution in [1.82, 2.24) is 54.2 Å². The molecule has 5 aliphatic heterocycles. The Morgan fingerprint density at radius 3 is 1.67 bits per heavy atom. The summed E-state index contributed by atoms with van der Waals surface area (Å²) in [4.78, 5) is 96.6. The fourth-order valence-electron chi connectivity index (χ4n) is 14.0. The van der Waals surface area contributed by atoms with Crippen LogP contribution in [0.15, 0.2) is 238 Å². The van der Waals surface area contributed by atoms with Gasteiger partial charge in [-0.25, -0.2) is 28.0 Å². The van der Waals surface area contributed by atoms with Crippen molar-refractivity contribution < 1.29 is 51.3 Å². The summed E-state index contributed by atoms with van der Waals surface area (Å²) >= 11 is 1.29. The second kappa shape index (κ2) is 33.2. The standard InChI is InChI=1S/C24H26N4O2S.C21H19N3O5S.C21H17N3O4.C21H19N3O2/c1-14(2)20-23(30)28-21(27-20)18-7-5-6-8-19(18)26-24(28)31-16(4)22(29)25-13-17-11-9-15(3)10-12-17;1-3-24-11-22-20-13(2)29-17-7-5-15(9-16(17)21(20)24)30(25,26)23-10-14-4-6-18-19(8-14)28-12-27-18;25-19(23-10-13-5-6-17-18(9-13)28-12-27-17)11-24-16-4-2-1-3-14(16)15-7-8-22-21(26)20(15)24;1-14-6-8-15(9-7-14)12-23-19(25)13-24-18-5-3-2-4-16(18)17-10-11-22-21(26)20(17)24/h5-12,14,16,20H,13H2,1-4H3,(H,25,29);4-9,11,23H,2-3,10,12H2,1H3;1-9H,10-12H2,(H,22,26)(H,23,25);2-11H,12-13H2,1H3,(H,22,26)(H,23,25). The van der Waals surface area contributed by atoms with E-state index in [1.807, 2.05) is 198 Å². The first-order valence-corrected chi connectivity index (χ1v) is 39.7. The molecule has 0 fully saturated rings. The summed E-state index contributed by atoms with van der Waals surface area (Å²) in [5.41, 5.74) is 12.2. The van der Waals surface area contributed by atoms with Gasteiger partial charge in [0.1, 0.15) is 53.2 Å². The van der Waals surface area contributed by atoms with Crippen LogP contribution in [0.25, 0.3) is 60.6 Å². The van der Waals surface area contributed by atoms with Crippen LogP contribution >= 0.6 is 11.8 Å². The number of para-hydroxylation sites is 3. The molecule has 0 aliphatic carbocycles. The van der Waals surface area contributed by atoms with Gasteiger partial charge in [-0.3, -0.25) is 33.8 Å². The van der Waals surface area contributed by atoms with Crippen LogP contribution in [0.3, 0.4) is 0 Å². The monoisotopic (exact) mass is 1580 g/mol. The molecule has 0 radical (unpaired) electrons. The fraction of sp³-hybridized carbons (Fsp3) is 0.207. The number of fused-ring (bicyclic) bond motifs is 14. The molecular formula is C87H81N13O13S2. The average Bonchev–Trinajstić information content (AvgIpc) is 1.71. The third-order valence-electron chi connectivity index (χ3n) is 20.0. The Hall–Kier alpha value is -13.3. The molecule has 10 heterocycles. The molecule has 28 heteroatoms. The highest BCUT2D eigenvalue weighted by Gasteiger charge is 2.43. The van der Waals surface area contributed by atoms with Crippen molar-refractivity contribution in [1.29, 1.82) is 0 Å². The van der Waals surface area contributed by atoms with Crippen molar-refractivity contribution in [3.63, 3.8) is 0 Å². The highest BCUT2D eigenvalue weighted by molar-refractivity contribution is 8.15. The molecule has 5 aromatic heterocycles. The number of hydrogen-bond acceptors (Lipinski definition) is 17. The molecule has 13 aromatic rings. The van der Waals surface area contributed by atoms with Gasteiger partial charge in [0.25, 0.3) is 17.0 Å². The van der Waals surface area contributed by atoms with Crippen LogP contribution in [0.5, 0.6) is 28.7 Å². The lowest BCUT2D eigenvalue weighted by Gasteiger charge is -2.27. The summed E-state index contributed by atoms with van der Waals surface area (Å²) < 4.78 is 61.1. The van der Waals surface area contributed by atoms with Crippen molar-refractivity contribution in [2.24, 2.45) is 15.9 Å². The van der Waals surface area contributed by atoms with Crippen LogP contribution < -0.4 is 55.5 Å². The van der Waals surface area contributed by atoms with Gasteiger partial charge >= 0.3 is 0 Å². The number of aromatic nitrogens is 6. The molecule has 584 valence electrons. The molecule has 6 N–H and O–H groups in total. The Morgan fingerprint density at radius 1 is 0.583 bits per heavy atom. The molecule has 0 saturated heterocycles. The average molecular weight is 1580 g/mol. The van der Waals surface area contributed by atoms with Gasteiger partial charge in [-0.05, 0) is 135 Å². The van der Waals surface area contributed by atoms with Crippen LogP contribution in [0.2, 0.25) is 0 Å². The summed E-state index contributed by atoms with van der Waals surface area (Å²) in [6.07, 6.45) is 4.97. The van der Waals surface area contributed by atoms with E-state index in [1.165, 1.54) is 29.0 Å². The lowest BCUT2D eigenvalue weighted by Crippen LogP contribution is -2.43. The third-order valence-corrected chi connectivity index (χ3v) is 22.4. The van der Waals surface area contributed by atoms with Crippen LogP contribution in [0, 0.1) is 19.8 Å². The number of aromatic amines is 2. The second-order valence-corrected chi connectivity index (χ2v) is 31.3. The lowest BCUT2D eigenvalue weighted by molar-refractivity contribution is -0.125. The molecule has 0 saturated carbocycles. The molecule has 26 nitrogen and oxygen atoms in total. The molecule has 0 spiro atoms. The number of pyridine rings is 2. The first-order chi connectivity index (χ1) is 55.6. The van der Waals surface area contributed by atoms with Gasteiger partial charge in [0.2, 0.25) is 41.3 Å². The maximum absolute atomic E-state index is 13.1. The number of amides is 4. The maximum atomic E-state index is 13.1. The van der Waals surface area contributed by atoms with Gasteiger partial charge in [0.05, 0.1) is 27.9 Å². The van der Waals surface area contributed by atoms with Gasteiger partial charge in [-0.1, -0.05) is 153 Å². The van der Waals surface area contributed by atoms with Crippen LogP contribution in [-0.2, 0) is 75.0 Å². The van der Waals surface area contributed by atoms with Crippen molar-refractivity contribution in [2.45, 2.75) is 104 Å². The molecule has 2 atom stereocenters. The smallest absolute Gasteiger partial charge is 0.272 e. The topological polar surface area (TPSA) is 318 Å². The number of ether oxygens (including phenoxy) is 5. The number of amidine groups is 2. The quantitative estimate of drug-likeness (QED) is 0.0465. The van der Waals surface area contributed by atoms with Crippen LogP contribution in [-0.4, -0.2) is 101 Å². The van der Waals surface area contributed by atoms with Gasteiger partial charge in [0, 0.05) is 88.8 Å². The Balaban J connectivity index is 0.000000121. The molecule has 115 heavy (non-hydrogen) atoms. The molecule has 4 amide bonds. The Labute approximate surface area is 664 Å². The van der Waals surface area contributed by atoms with Crippen molar-refractivity contribution in [3.05, 3.63) is 279 Å². The number of hydrogen-bond donors (Lipinski definition) is 6. The Bertz CT molecular complexity index is 6300. The second-order valence-electron chi connectivity index (χ2n) is 28.2. The van der Waals surface area contributed by atoms with E-state index in [4.69, 9.17) is 33.7 Å². The number of nitrogens with zero attached hydrogens (tertiary/aromatic N) is 7. The van der Waals surface area contributed by atoms with Crippen molar-refractivity contribution in [3.8, 4) is 40.0 Å². The summed E-state index contributed by atoms with van der Waals surface area (Å²) in [6, 6.07) is 58.2. The number of nitrogens with one attached hydrogen (secondary N) is 6. The van der Waals surface area contributed by atoms with Crippen LogP contribution in [0.4, 0.5) is 5.69 Å². The predicted molar refractivity (Wildman–Crippen MR) is 443 cm³/mol. The number of carbonyl (C=O) groups is 4. The SMILES string of the molecule is C=C1Oc2ccc(S(=O)(=O)NCc3ccc4c(c3)OCO4)cc2-c2c1ncn2CC.Cc1ccc(CNC(=O)C(C)SC2=Nc3ccccc3C3=NC(C(C)C)C(=O)N23)cc1.Cc1ccc(CNC(=O)Cn2c3ccccc3c3cc[nH]c(=O)c32)cc1.O=C(Cn1c2ccccc2c2cc[nH]c(=O)c21)NCc1ccc2c(c1)OCO2. The van der Waals surface area contributed by atoms with Gasteiger partial charge in [0.15, 0.2) is 28.2 Å². The summed E-state index contributed by atoms with van der Waals surface area (Å²) in [6.45, 7) is 18.4. The molecule has 18 rings (SSSR count). The first kappa shape index (κ1) is 77.0. The minimum Gasteiger partial charge on any atom is -0.455 e. The molecular weight excluding hydrogens is 1500 g/mol. The van der Waals surface area contributed by atoms with E-state index >= 15 is 0 Å². The van der Waals surface area contributed by atoms with Gasteiger partial charge in [-0.2, -0.15) is 0 Å². The Morgan fingerprint density at radius 2 is 1.10 bits per heavy atom. The van der Waals surface area contributed by atoms with E-state index < -0.39 is 21.3 Å². The zero-order valence-electron chi connectivity index (χ0n) is 63.7. The number of imidazole rings is 1. The van der Waals surface area contributed by atoms with Gasteiger partial charge < -0.3 is 63.3 Å². The number of H-pyrrole nitrogens is 2. The van der Waals surface area contributed by atoms with Gasteiger partial charge in [-0.15, -0.1) is 0 Å². The summed E-state index contributed by atoms with van der Waals surface area (Å²) in [7, 11) is -3.75. The highest BCUT2D eigenvalue weighted by atomic mass is 32.2. The molecule has 8 aromatic carbocycles. The number of benzene rings is 8. The number of carbonyl (C=O) groups excluding carboxylic acids is 4. The van der Waals surface area contributed by atoms with E-state index in [0.29, 0.717) is 94.0 Å². The highest BCUT2D eigenvalue weighted by Crippen LogP contribution is 2.43. The molecule has 2 unspecified atom stereocenters. The predicted octanol–water partition coefficient (Wildman–Crippen LogP) is 12.8. The molecule has 5 aliphatic rings. The normalized spacial score (nSPS) is 14.2. The van der Waals surface area contributed by atoms with E-state index in [2.05, 4.69) is 42.2 Å². The Kier molecular flexibility index (Phi) is 22.2. The summed E-state index contributed by atoms with van der Waals surface area (Å²) in [5, 5.41) is 12.5. The van der Waals surface area contributed by atoms with E-state index in [1.54, 1.807) is 63.1 Å². The number of thioether (sulfide) groups is 1. The minimum atomic E-state index is -3.75. The molecule has 0 bridgehead atoms. The van der Waals surface area contributed by atoms with E-state index in [9.17, 15) is 37.2 Å². The number of aryl methyl sites for hydroxylation is 3. The summed E-state index contributed by atoms with van der Waals surface area (Å²) in [5.74, 6) is 3.87. The lowest BCUT2D eigenvalue weighted by atomic mass is 10.1. The van der Waals surface area contributed by atoms with Crippen molar-refractivity contribution >= 4 is 111 Å². The van der Waals surface area contributed by atoms with Crippen LogP contribution in [0.1, 0.15) is 72.3 Å². The first-order valence-electron chi connectivity index (χ1n) is 37.3. The largest absolute Gasteiger partial charge is 0.455 e. The maximum Gasteiger partial charge on any atom is 0.272 e. The van der Waals surface area contributed by atoms with E-state index in [0.717, 1.165) is 71.8 Å². The fourth-order valence-corrected chi connectivity index (χ4v) is 16.0.